The van der Waals surface area contributed by atoms with Gasteiger partial charge in [-0.2, -0.15) is 0 Å². The zero-order valence-electron chi connectivity index (χ0n) is 17.5. The molecular formula is C24H26F2N4. The molecule has 0 spiro atoms. The average Bonchev–Trinajstić information content (AvgIpc) is 3.07. The van der Waals surface area contributed by atoms with Crippen molar-refractivity contribution in [1.29, 1.82) is 0 Å². The maximum atomic E-state index is 13.5. The van der Waals surface area contributed by atoms with Crippen molar-refractivity contribution in [3.8, 4) is 22.5 Å². The Morgan fingerprint density at radius 3 is 2.07 bits per heavy atom. The molecule has 0 fully saturated rings. The van der Waals surface area contributed by atoms with E-state index < -0.39 is 5.54 Å². The van der Waals surface area contributed by atoms with Gasteiger partial charge in [-0.05, 0) is 69.3 Å². The third-order valence-electron chi connectivity index (χ3n) is 5.48. The fraction of sp³-hybridized carbons (Fsp3) is 0.292. The van der Waals surface area contributed by atoms with Gasteiger partial charge in [-0.1, -0.05) is 6.08 Å². The number of fused-ring (bicyclic) bond motifs is 1. The Bertz CT molecular complexity index is 1070. The van der Waals surface area contributed by atoms with E-state index in [1.807, 2.05) is 20.8 Å². The van der Waals surface area contributed by atoms with Gasteiger partial charge in [0.2, 0.25) is 0 Å². The van der Waals surface area contributed by atoms with E-state index in [0.29, 0.717) is 6.54 Å². The normalized spacial score (nSPS) is 14.7. The van der Waals surface area contributed by atoms with E-state index in [-0.39, 0.29) is 11.6 Å². The molecule has 0 saturated heterocycles. The smallest absolute Gasteiger partial charge is 0.129 e. The fourth-order valence-corrected chi connectivity index (χ4v) is 4.21. The van der Waals surface area contributed by atoms with E-state index >= 15 is 0 Å². The van der Waals surface area contributed by atoms with Gasteiger partial charge < -0.3 is 15.2 Å². The molecule has 6 heteroatoms. The van der Waals surface area contributed by atoms with Gasteiger partial charge in [0.15, 0.2) is 0 Å². The SMILES string of the molecule is CC=C(N1CCn2c(nc(-c3ccc(F)cc3)c2-c2ccc(F)cc2)C1)C(C)(C)N. The molecule has 0 aliphatic carbocycles. The Hall–Kier alpha value is -2.99. The third-order valence-corrected chi connectivity index (χ3v) is 5.48. The summed E-state index contributed by atoms with van der Waals surface area (Å²) >= 11 is 0. The summed E-state index contributed by atoms with van der Waals surface area (Å²) in [7, 11) is 0. The monoisotopic (exact) mass is 408 g/mol. The van der Waals surface area contributed by atoms with Crippen LogP contribution in [0.5, 0.6) is 0 Å². The second-order valence-corrected chi connectivity index (χ2v) is 8.21. The molecule has 1 aliphatic heterocycles. The van der Waals surface area contributed by atoms with Crippen molar-refractivity contribution in [2.45, 2.75) is 39.4 Å². The molecule has 0 bridgehead atoms. The van der Waals surface area contributed by atoms with Crippen molar-refractivity contribution in [2.24, 2.45) is 5.73 Å². The summed E-state index contributed by atoms with van der Waals surface area (Å²) < 4.78 is 29.2. The molecule has 0 amide bonds. The average molecular weight is 408 g/mol. The first kappa shape index (κ1) is 20.3. The summed E-state index contributed by atoms with van der Waals surface area (Å²) in [6.07, 6.45) is 2.06. The van der Waals surface area contributed by atoms with Gasteiger partial charge in [-0.15, -0.1) is 0 Å². The van der Waals surface area contributed by atoms with Crippen molar-refractivity contribution in [2.75, 3.05) is 6.54 Å². The van der Waals surface area contributed by atoms with Crippen LogP contribution in [-0.4, -0.2) is 26.5 Å². The number of hydrogen-bond acceptors (Lipinski definition) is 3. The molecule has 3 aromatic rings. The van der Waals surface area contributed by atoms with E-state index in [1.165, 1.54) is 24.3 Å². The summed E-state index contributed by atoms with van der Waals surface area (Å²) in [6.45, 7) is 8.13. The molecule has 0 radical (unpaired) electrons. The molecule has 0 atom stereocenters. The number of allylic oxidation sites excluding steroid dienone is 1. The van der Waals surface area contributed by atoms with E-state index in [2.05, 4.69) is 15.5 Å². The number of imidazole rings is 1. The molecule has 4 nitrogen and oxygen atoms in total. The van der Waals surface area contributed by atoms with Gasteiger partial charge in [0.1, 0.15) is 17.5 Å². The van der Waals surface area contributed by atoms with Crippen LogP contribution in [0, 0.1) is 11.6 Å². The van der Waals surface area contributed by atoms with Gasteiger partial charge in [0, 0.05) is 35.5 Å². The van der Waals surface area contributed by atoms with Crippen molar-refractivity contribution in [1.82, 2.24) is 14.5 Å². The highest BCUT2D eigenvalue weighted by Gasteiger charge is 2.29. The van der Waals surface area contributed by atoms with E-state index in [9.17, 15) is 8.78 Å². The molecule has 0 unspecified atom stereocenters. The van der Waals surface area contributed by atoms with Gasteiger partial charge in [-0.25, -0.2) is 13.8 Å². The summed E-state index contributed by atoms with van der Waals surface area (Å²) in [4.78, 5) is 7.19. The Kier molecular flexibility index (Phi) is 5.20. The number of halogens is 2. The minimum Gasteiger partial charge on any atom is -0.364 e. The minimum atomic E-state index is -0.455. The second kappa shape index (κ2) is 7.69. The van der Waals surface area contributed by atoms with Crippen molar-refractivity contribution in [3.05, 3.63) is 77.8 Å². The highest BCUT2D eigenvalue weighted by molar-refractivity contribution is 5.79. The zero-order valence-corrected chi connectivity index (χ0v) is 17.5. The minimum absolute atomic E-state index is 0.283. The number of rotatable bonds is 4. The maximum Gasteiger partial charge on any atom is 0.129 e. The van der Waals surface area contributed by atoms with E-state index in [0.717, 1.165) is 47.1 Å². The van der Waals surface area contributed by atoms with Crippen LogP contribution in [0.3, 0.4) is 0 Å². The third kappa shape index (κ3) is 3.75. The predicted octanol–water partition coefficient (Wildman–Crippen LogP) is 4.95. The highest BCUT2D eigenvalue weighted by atomic mass is 19.1. The Morgan fingerprint density at radius 2 is 1.53 bits per heavy atom. The molecule has 30 heavy (non-hydrogen) atoms. The highest BCUT2D eigenvalue weighted by Crippen LogP contribution is 2.36. The predicted molar refractivity (Wildman–Crippen MR) is 115 cm³/mol. The summed E-state index contributed by atoms with van der Waals surface area (Å²) in [5, 5.41) is 0. The van der Waals surface area contributed by atoms with Crippen LogP contribution in [0.25, 0.3) is 22.5 Å². The lowest BCUT2D eigenvalue weighted by molar-refractivity contribution is 0.241. The van der Waals surface area contributed by atoms with Crippen LogP contribution >= 0.6 is 0 Å². The van der Waals surface area contributed by atoms with E-state index in [4.69, 9.17) is 10.7 Å². The summed E-state index contributed by atoms with van der Waals surface area (Å²) in [6, 6.07) is 12.8. The molecule has 2 heterocycles. The molecule has 2 N–H and O–H groups in total. The lowest BCUT2D eigenvalue weighted by Crippen LogP contribution is -2.45. The Balaban J connectivity index is 1.82. The topological polar surface area (TPSA) is 47.1 Å². The molecule has 0 saturated carbocycles. The van der Waals surface area contributed by atoms with Crippen LogP contribution in [0.15, 0.2) is 60.3 Å². The number of hydrogen-bond donors (Lipinski definition) is 1. The van der Waals surface area contributed by atoms with Crippen LogP contribution in [0.4, 0.5) is 8.78 Å². The molecule has 4 rings (SSSR count). The largest absolute Gasteiger partial charge is 0.364 e. The van der Waals surface area contributed by atoms with Crippen LogP contribution < -0.4 is 5.73 Å². The number of nitrogens with two attached hydrogens (primary N) is 1. The lowest BCUT2D eigenvalue weighted by atomic mass is 9.99. The Morgan fingerprint density at radius 1 is 0.967 bits per heavy atom. The van der Waals surface area contributed by atoms with Crippen LogP contribution in [0.1, 0.15) is 26.6 Å². The maximum absolute atomic E-state index is 13.5. The van der Waals surface area contributed by atoms with Gasteiger partial charge in [-0.3, -0.25) is 0 Å². The van der Waals surface area contributed by atoms with Crippen molar-refractivity contribution in [3.63, 3.8) is 0 Å². The quantitative estimate of drug-likeness (QED) is 0.664. The van der Waals surface area contributed by atoms with Gasteiger partial charge in [0.25, 0.3) is 0 Å². The number of benzene rings is 2. The number of aromatic nitrogens is 2. The standard InChI is InChI=1S/C24H26F2N4/c1-4-20(24(2,3)27)29-13-14-30-21(15-29)28-22(16-5-9-18(25)10-6-16)23(30)17-7-11-19(26)12-8-17/h4-12H,13-15,27H2,1-3H3. The van der Waals surface area contributed by atoms with Crippen molar-refractivity contribution >= 4 is 0 Å². The van der Waals surface area contributed by atoms with Crippen LogP contribution in [-0.2, 0) is 13.1 Å². The lowest BCUT2D eigenvalue weighted by Gasteiger charge is -2.37. The van der Waals surface area contributed by atoms with Gasteiger partial charge in [0.05, 0.1) is 17.9 Å². The van der Waals surface area contributed by atoms with Gasteiger partial charge >= 0.3 is 0 Å². The fourth-order valence-electron chi connectivity index (χ4n) is 4.21. The molecule has 2 aromatic carbocycles. The molecule has 1 aromatic heterocycles. The van der Waals surface area contributed by atoms with E-state index in [1.54, 1.807) is 24.3 Å². The molecular weight excluding hydrogens is 382 g/mol. The summed E-state index contributed by atoms with van der Waals surface area (Å²) in [5.41, 5.74) is 10.4. The first-order chi connectivity index (χ1) is 14.3. The number of nitrogens with zero attached hydrogens (tertiary/aromatic N) is 3. The molecule has 156 valence electrons. The summed E-state index contributed by atoms with van der Waals surface area (Å²) in [5.74, 6) is 0.332. The molecule has 1 aliphatic rings. The Labute approximate surface area is 175 Å². The first-order valence-corrected chi connectivity index (χ1v) is 10.1. The second-order valence-electron chi connectivity index (χ2n) is 8.21. The first-order valence-electron chi connectivity index (χ1n) is 10.1. The van der Waals surface area contributed by atoms with Crippen molar-refractivity contribution < 1.29 is 8.78 Å². The van der Waals surface area contributed by atoms with Crippen LogP contribution in [0.2, 0.25) is 0 Å². The zero-order chi connectivity index (χ0) is 21.5.